The first-order chi connectivity index (χ1) is 15.7. The Morgan fingerprint density at radius 2 is 1.50 bits per heavy atom. The molecule has 8 heteroatoms. The van der Waals surface area contributed by atoms with Gasteiger partial charge in [-0.2, -0.15) is 4.98 Å². The molecule has 0 bridgehead atoms. The van der Waals surface area contributed by atoms with Crippen molar-refractivity contribution in [2.24, 2.45) is 0 Å². The molecule has 32 heavy (non-hydrogen) atoms. The SMILES string of the molecule is Clc1ccc(-c2nnc(Nc3ccc(Oc4ccnc(Cl)n4)cc3)c3ccccc23)cc1. The van der Waals surface area contributed by atoms with Crippen LogP contribution in [-0.2, 0) is 0 Å². The van der Waals surface area contributed by atoms with Gasteiger partial charge in [0.1, 0.15) is 11.4 Å². The van der Waals surface area contributed by atoms with Gasteiger partial charge in [-0.3, -0.25) is 0 Å². The van der Waals surface area contributed by atoms with Crippen molar-refractivity contribution in [1.29, 1.82) is 0 Å². The maximum Gasteiger partial charge on any atom is 0.225 e. The van der Waals surface area contributed by atoms with Crippen molar-refractivity contribution in [3.63, 3.8) is 0 Å². The number of benzene rings is 3. The van der Waals surface area contributed by atoms with Crippen LogP contribution >= 0.6 is 23.2 Å². The Kier molecular flexibility index (Phi) is 5.54. The molecular formula is C24H15Cl2N5O. The van der Waals surface area contributed by atoms with Gasteiger partial charge in [-0.15, -0.1) is 10.2 Å². The van der Waals surface area contributed by atoms with Crippen LogP contribution < -0.4 is 10.1 Å². The molecule has 1 N–H and O–H groups in total. The van der Waals surface area contributed by atoms with Crippen LogP contribution in [-0.4, -0.2) is 20.2 Å². The van der Waals surface area contributed by atoms with E-state index in [1.807, 2.05) is 72.8 Å². The number of halogens is 2. The van der Waals surface area contributed by atoms with Crippen LogP contribution in [0.1, 0.15) is 0 Å². The second-order valence-electron chi connectivity index (χ2n) is 6.87. The Hall–Kier alpha value is -3.74. The number of hydrogen-bond acceptors (Lipinski definition) is 6. The summed E-state index contributed by atoms with van der Waals surface area (Å²) >= 11 is 11.8. The number of fused-ring (bicyclic) bond motifs is 1. The van der Waals surface area contributed by atoms with Crippen LogP contribution in [0.2, 0.25) is 10.3 Å². The molecule has 0 radical (unpaired) electrons. The van der Waals surface area contributed by atoms with Gasteiger partial charge in [0.25, 0.3) is 0 Å². The number of rotatable bonds is 5. The third-order valence-electron chi connectivity index (χ3n) is 4.75. The summed E-state index contributed by atoms with van der Waals surface area (Å²) in [6.45, 7) is 0. The molecule has 0 spiro atoms. The molecule has 5 aromatic rings. The third-order valence-corrected chi connectivity index (χ3v) is 5.18. The predicted molar refractivity (Wildman–Crippen MR) is 127 cm³/mol. The third kappa shape index (κ3) is 4.32. The maximum atomic E-state index is 6.03. The van der Waals surface area contributed by atoms with Crippen molar-refractivity contribution in [3.8, 4) is 22.9 Å². The molecule has 0 saturated carbocycles. The molecule has 0 unspecified atom stereocenters. The van der Waals surface area contributed by atoms with Crippen LogP contribution in [0.4, 0.5) is 11.5 Å². The number of hydrogen-bond donors (Lipinski definition) is 1. The molecule has 156 valence electrons. The van der Waals surface area contributed by atoms with E-state index in [9.17, 15) is 0 Å². The lowest BCUT2D eigenvalue weighted by Crippen LogP contribution is -1.99. The first-order valence-corrected chi connectivity index (χ1v) is 10.5. The molecule has 0 aliphatic rings. The van der Waals surface area contributed by atoms with Crippen LogP contribution in [0, 0.1) is 0 Å². The van der Waals surface area contributed by atoms with Gasteiger partial charge in [0.05, 0.1) is 0 Å². The van der Waals surface area contributed by atoms with Crippen molar-refractivity contribution in [2.75, 3.05) is 5.32 Å². The minimum Gasteiger partial charge on any atom is -0.439 e. The minimum atomic E-state index is 0.133. The average molecular weight is 460 g/mol. The molecule has 3 aromatic carbocycles. The first kappa shape index (κ1) is 20.2. The second kappa shape index (κ2) is 8.78. The Balaban J connectivity index is 1.42. The zero-order chi connectivity index (χ0) is 21.9. The maximum absolute atomic E-state index is 6.03. The van der Waals surface area contributed by atoms with Crippen LogP contribution in [0.15, 0.2) is 85.1 Å². The van der Waals surface area contributed by atoms with E-state index in [2.05, 4.69) is 25.5 Å². The quantitative estimate of drug-likeness (QED) is 0.287. The summed E-state index contributed by atoms with van der Waals surface area (Å²) in [5, 5.41) is 15.0. The van der Waals surface area contributed by atoms with Crippen molar-refractivity contribution in [2.45, 2.75) is 0 Å². The largest absolute Gasteiger partial charge is 0.439 e. The highest BCUT2D eigenvalue weighted by atomic mass is 35.5. The molecular weight excluding hydrogens is 445 g/mol. The second-order valence-corrected chi connectivity index (χ2v) is 7.64. The summed E-state index contributed by atoms with van der Waals surface area (Å²) in [5.74, 6) is 1.66. The summed E-state index contributed by atoms with van der Waals surface area (Å²) in [7, 11) is 0. The number of anilines is 2. The van der Waals surface area contributed by atoms with Gasteiger partial charge in [-0.05, 0) is 48.0 Å². The molecule has 5 rings (SSSR count). The molecule has 0 aliphatic carbocycles. The molecule has 0 atom stereocenters. The molecule has 0 amide bonds. The van der Waals surface area contributed by atoms with Crippen molar-refractivity contribution >= 4 is 45.5 Å². The first-order valence-electron chi connectivity index (χ1n) is 9.70. The number of aromatic nitrogens is 4. The lowest BCUT2D eigenvalue weighted by atomic mass is 10.0. The fraction of sp³-hybridized carbons (Fsp3) is 0. The highest BCUT2D eigenvalue weighted by molar-refractivity contribution is 6.30. The van der Waals surface area contributed by atoms with Crippen LogP contribution in [0.3, 0.4) is 0 Å². The van der Waals surface area contributed by atoms with Crippen molar-refractivity contribution in [1.82, 2.24) is 20.2 Å². The average Bonchev–Trinajstić information content (AvgIpc) is 2.81. The van der Waals surface area contributed by atoms with E-state index in [0.717, 1.165) is 27.7 Å². The van der Waals surface area contributed by atoms with Gasteiger partial charge in [-0.25, -0.2) is 4.98 Å². The summed E-state index contributed by atoms with van der Waals surface area (Å²) in [6.07, 6.45) is 1.54. The highest BCUT2D eigenvalue weighted by Crippen LogP contribution is 2.32. The van der Waals surface area contributed by atoms with Gasteiger partial charge in [-0.1, -0.05) is 48.0 Å². The molecule has 0 fully saturated rings. The van der Waals surface area contributed by atoms with E-state index in [0.29, 0.717) is 22.5 Å². The number of nitrogens with zero attached hydrogens (tertiary/aromatic N) is 4. The van der Waals surface area contributed by atoms with Crippen molar-refractivity contribution < 1.29 is 4.74 Å². The van der Waals surface area contributed by atoms with E-state index in [1.54, 1.807) is 6.07 Å². The smallest absolute Gasteiger partial charge is 0.225 e. The van der Waals surface area contributed by atoms with E-state index in [-0.39, 0.29) is 5.28 Å². The van der Waals surface area contributed by atoms with Gasteiger partial charge < -0.3 is 10.1 Å². The monoisotopic (exact) mass is 459 g/mol. The summed E-state index contributed by atoms with van der Waals surface area (Å²) in [6, 6.07) is 24.7. The van der Waals surface area contributed by atoms with Gasteiger partial charge in [0, 0.05) is 39.3 Å². The number of ether oxygens (including phenoxy) is 1. The molecule has 0 aliphatic heterocycles. The fourth-order valence-corrected chi connectivity index (χ4v) is 3.52. The molecule has 2 aromatic heterocycles. The topological polar surface area (TPSA) is 72.8 Å². The summed E-state index contributed by atoms with van der Waals surface area (Å²) in [4.78, 5) is 7.86. The van der Waals surface area contributed by atoms with E-state index in [4.69, 9.17) is 27.9 Å². The van der Waals surface area contributed by atoms with Gasteiger partial charge >= 0.3 is 0 Å². The standard InChI is InChI=1S/C24H15Cl2N5O/c25-16-7-5-15(6-8-16)22-19-3-1-2-4-20(19)23(31-30-22)28-17-9-11-18(12-10-17)32-21-13-14-27-24(26)29-21/h1-14H,(H,28,31). The summed E-state index contributed by atoms with van der Waals surface area (Å²) < 4.78 is 5.71. The van der Waals surface area contributed by atoms with E-state index >= 15 is 0 Å². The zero-order valence-electron chi connectivity index (χ0n) is 16.5. The van der Waals surface area contributed by atoms with Crippen LogP contribution in [0.25, 0.3) is 22.0 Å². The predicted octanol–water partition coefficient (Wildman–Crippen LogP) is 6.93. The zero-order valence-corrected chi connectivity index (χ0v) is 18.0. The summed E-state index contributed by atoms with van der Waals surface area (Å²) in [5.41, 5.74) is 2.60. The van der Waals surface area contributed by atoms with Gasteiger partial charge in [0.2, 0.25) is 11.2 Å². The van der Waals surface area contributed by atoms with E-state index < -0.39 is 0 Å². The highest BCUT2D eigenvalue weighted by Gasteiger charge is 2.11. The molecule has 0 saturated heterocycles. The van der Waals surface area contributed by atoms with E-state index in [1.165, 1.54) is 6.20 Å². The van der Waals surface area contributed by atoms with Gasteiger partial charge in [0.15, 0.2) is 5.82 Å². The Labute approximate surface area is 193 Å². The Morgan fingerprint density at radius 1 is 0.750 bits per heavy atom. The Morgan fingerprint density at radius 3 is 2.25 bits per heavy atom. The lowest BCUT2D eigenvalue weighted by Gasteiger charge is -2.12. The van der Waals surface area contributed by atoms with Crippen molar-refractivity contribution in [3.05, 3.63) is 95.4 Å². The number of nitrogens with one attached hydrogen (secondary N) is 1. The Bertz CT molecular complexity index is 1390. The minimum absolute atomic E-state index is 0.133. The molecule has 6 nitrogen and oxygen atoms in total. The fourth-order valence-electron chi connectivity index (χ4n) is 3.26. The molecule has 2 heterocycles. The lowest BCUT2D eigenvalue weighted by molar-refractivity contribution is 0.461. The van der Waals surface area contributed by atoms with Crippen LogP contribution in [0.5, 0.6) is 11.6 Å². The normalized spacial score (nSPS) is 10.8.